The summed E-state index contributed by atoms with van der Waals surface area (Å²) < 4.78 is 0. The number of amides is 1. The number of carbonyl (C=O) groups is 1. The van der Waals surface area contributed by atoms with Crippen molar-refractivity contribution in [2.24, 2.45) is 11.7 Å². The van der Waals surface area contributed by atoms with Gasteiger partial charge in [0.2, 0.25) is 0 Å². The van der Waals surface area contributed by atoms with Gasteiger partial charge in [0, 0.05) is 37.0 Å². The molecular weight excluding hydrogens is 234 g/mol. The molecule has 17 heavy (non-hydrogen) atoms. The first-order chi connectivity index (χ1) is 7.91. The molecular formula is C12H17N3OS. The second-order valence-corrected chi connectivity index (χ2v) is 4.65. The fourth-order valence-corrected chi connectivity index (χ4v) is 1.56. The van der Waals surface area contributed by atoms with E-state index in [1.165, 1.54) is 0 Å². The van der Waals surface area contributed by atoms with E-state index in [0.717, 1.165) is 5.69 Å². The lowest BCUT2D eigenvalue weighted by Crippen LogP contribution is -2.35. The number of thiocarbonyl (C=S) groups is 1. The first kappa shape index (κ1) is 13.6. The summed E-state index contributed by atoms with van der Waals surface area (Å²) in [5.41, 5.74) is 6.99. The second-order valence-electron chi connectivity index (χ2n) is 4.17. The molecule has 0 saturated carbocycles. The molecule has 92 valence electrons. The van der Waals surface area contributed by atoms with Crippen LogP contribution in [0, 0.1) is 12.8 Å². The van der Waals surface area contributed by atoms with Crippen LogP contribution in [0.3, 0.4) is 0 Å². The van der Waals surface area contributed by atoms with Gasteiger partial charge in [0.05, 0.1) is 4.99 Å². The minimum absolute atomic E-state index is 0.0156. The van der Waals surface area contributed by atoms with Gasteiger partial charge in [0.15, 0.2) is 0 Å². The van der Waals surface area contributed by atoms with Crippen LogP contribution in [-0.2, 0) is 0 Å². The van der Waals surface area contributed by atoms with Crippen LogP contribution in [0.15, 0.2) is 18.3 Å². The Hall–Kier alpha value is -1.49. The van der Waals surface area contributed by atoms with Crippen molar-refractivity contribution < 1.29 is 4.79 Å². The quantitative estimate of drug-likeness (QED) is 0.821. The van der Waals surface area contributed by atoms with Crippen LogP contribution in [0.4, 0.5) is 0 Å². The fourth-order valence-electron chi connectivity index (χ4n) is 1.48. The Balaban J connectivity index is 2.73. The highest BCUT2D eigenvalue weighted by Gasteiger charge is 2.15. The molecule has 1 amide bonds. The second kappa shape index (κ2) is 5.72. The summed E-state index contributed by atoms with van der Waals surface area (Å²) in [4.78, 5) is 18.2. The number of carbonyl (C=O) groups excluding carboxylic acids is 1. The molecule has 1 unspecified atom stereocenters. The molecule has 0 fully saturated rings. The van der Waals surface area contributed by atoms with E-state index in [0.29, 0.717) is 17.1 Å². The lowest BCUT2D eigenvalue weighted by atomic mass is 10.1. The third-order valence-corrected chi connectivity index (χ3v) is 2.93. The number of nitrogens with zero attached hydrogens (tertiary/aromatic N) is 2. The van der Waals surface area contributed by atoms with Crippen LogP contribution in [0.5, 0.6) is 0 Å². The Bertz CT molecular complexity index is 434. The highest BCUT2D eigenvalue weighted by molar-refractivity contribution is 7.80. The number of aryl methyl sites for hydroxylation is 1. The van der Waals surface area contributed by atoms with Gasteiger partial charge in [-0.1, -0.05) is 19.1 Å². The number of nitrogens with two attached hydrogens (primary N) is 1. The molecule has 0 aliphatic heterocycles. The summed E-state index contributed by atoms with van der Waals surface area (Å²) in [6.07, 6.45) is 1.63. The Morgan fingerprint density at radius 2 is 2.29 bits per heavy atom. The maximum atomic E-state index is 12.1. The van der Waals surface area contributed by atoms with Crippen molar-refractivity contribution in [3.05, 3.63) is 29.6 Å². The number of hydrogen-bond acceptors (Lipinski definition) is 3. The molecule has 1 rings (SSSR count). The highest BCUT2D eigenvalue weighted by atomic mass is 32.1. The average Bonchev–Trinajstić information content (AvgIpc) is 2.27. The van der Waals surface area contributed by atoms with Gasteiger partial charge in [0.1, 0.15) is 0 Å². The Kier molecular flexibility index (Phi) is 4.57. The Labute approximate surface area is 107 Å². The smallest absolute Gasteiger partial charge is 0.253 e. The van der Waals surface area contributed by atoms with Crippen LogP contribution < -0.4 is 5.73 Å². The molecule has 2 N–H and O–H groups in total. The lowest BCUT2D eigenvalue weighted by Gasteiger charge is -2.21. The molecule has 0 spiro atoms. The zero-order valence-electron chi connectivity index (χ0n) is 10.3. The first-order valence-corrected chi connectivity index (χ1v) is 5.80. The van der Waals surface area contributed by atoms with Crippen molar-refractivity contribution in [1.29, 1.82) is 0 Å². The molecule has 1 heterocycles. The minimum Gasteiger partial charge on any atom is -0.393 e. The Morgan fingerprint density at radius 3 is 2.82 bits per heavy atom. The molecule has 1 atom stereocenters. The molecule has 0 aromatic carbocycles. The molecule has 5 heteroatoms. The van der Waals surface area contributed by atoms with Gasteiger partial charge in [-0.2, -0.15) is 0 Å². The fraction of sp³-hybridized carbons (Fsp3) is 0.417. The maximum Gasteiger partial charge on any atom is 0.253 e. The number of aromatic nitrogens is 1. The van der Waals surface area contributed by atoms with Crippen LogP contribution in [-0.4, -0.2) is 34.4 Å². The number of hydrogen-bond donors (Lipinski definition) is 1. The zero-order valence-corrected chi connectivity index (χ0v) is 11.1. The summed E-state index contributed by atoms with van der Waals surface area (Å²) in [5.74, 6) is -0.0273. The van der Waals surface area contributed by atoms with E-state index < -0.39 is 0 Å². The molecule has 0 saturated heterocycles. The van der Waals surface area contributed by atoms with E-state index in [9.17, 15) is 4.79 Å². The topological polar surface area (TPSA) is 59.2 Å². The van der Waals surface area contributed by atoms with Crippen LogP contribution in [0.1, 0.15) is 23.0 Å². The van der Waals surface area contributed by atoms with Crippen molar-refractivity contribution in [2.75, 3.05) is 13.6 Å². The van der Waals surface area contributed by atoms with Crippen molar-refractivity contribution in [3.63, 3.8) is 0 Å². The SMILES string of the molecule is Cc1cc(C(=O)N(C)CC(C)C(N)=S)ccn1. The summed E-state index contributed by atoms with van der Waals surface area (Å²) in [6.45, 7) is 4.29. The molecule has 1 aromatic rings. The zero-order chi connectivity index (χ0) is 13.0. The van der Waals surface area contributed by atoms with Crippen LogP contribution in [0.2, 0.25) is 0 Å². The summed E-state index contributed by atoms with van der Waals surface area (Å²) in [7, 11) is 1.74. The van der Waals surface area contributed by atoms with Crippen molar-refractivity contribution in [1.82, 2.24) is 9.88 Å². The maximum absolute atomic E-state index is 12.1. The van der Waals surface area contributed by atoms with Gasteiger partial charge in [-0.25, -0.2) is 0 Å². The van der Waals surface area contributed by atoms with E-state index >= 15 is 0 Å². The first-order valence-electron chi connectivity index (χ1n) is 5.39. The van der Waals surface area contributed by atoms with Crippen molar-refractivity contribution in [3.8, 4) is 0 Å². The average molecular weight is 251 g/mol. The summed E-state index contributed by atoms with van der Waals surface area (Å²) in [6, 6.07) is 3.47. The third kappa shape index (κ3) is 3.78. The van der Waals surface area contributed by atoms with E-state index in [4.69, 9.17) is 18.0 Å². The van der Waals surface area contributed by atoms with Crippen molar-refractivity contribution >= 4 is 23.1 Å². The van der Waals surface area contributed by atoms with E-state index in [1.807, 2.05) is 13.8 Å². The molecule has 0 aliphatic carbocycles. The van der Waals surface area contributed by atoms with E-state index in [1.54, 1.807) is 30.3 Å². The minimum atomic E-state index is -0.0430. The standard InChI is InChI=1S/C12H17N3OS/c1-8(11(13)17)7-15(3)12(16)10-4-5-14-9(2)6-10/h4-6,8H,7H2,1-3H3,(H2,13,17). The summed E-state index contributed by atoms with van der Waals surface area (Å²) in [5, 5.41) is 0. The summed E-state index contributed by atoms with van der Waals surface area (Å²) >= 11 is 4.89. The van der Waals surface area contributed by atoms with Crippen molar-refractivity contribution in [2.45, 2.75) is 13.8 Å². The normalized spacial score (nSPS) is 11.9. The van der Waals surface area contributed by atoms with Gasteiger partial charge >= 0.3 is 0 Å². The third-order valence-electron chi connectivity index (χ3n) is 2.52. The largest absolute Gasteiger partial charge is 0.393 e. The lowest BCUT2D eigenvalue weighted by molar-refractivity contribution is 0.0786. The van der Waals surface area contributed by atoms with E-state index in [-0.39, 0.29) is 11.8 Å². The molecule has 0 aliphatic rings. The van der Waals surface area contributed by atoms with Crippen LogP contribution >= 0.6 is 12.2 Å². The predicted octanol–water partition coefficient (Wildman–Crippen LogP) is 1.38. The van der Waals surface area contributed by atoms with Gasteiger partial charge in [-0.15, -0.1) is 0 Å². The predicted molar refractivity (Wildman–Crippen MR) is 71.9 cm³/mol. The monoisotopic (exact) mass is 251 g/mol. The van der Waals surface area contributed by atoms with Gasteiger partial charge in [-0.05, 0) is 19.1 Å². The van der Waals surface area contributed by atoms with Gasteiger partial charge < -0.3 is 10.6 Å². The molecule has 0 bridgehead atoms. The van der Waals surface area contributed by atoms with Gasteiger partial charge in [0.25, 0.3) is 5.91 Å². The van der Waals surface area contributed by atoms with E-state index in [2.05, 4.69) is 4.98 Å². The van der Waals surface area contributed by atoms with Gasteiger partial charge in [-0.3, -0.25) is 9.78 Å². The molecule has 1 aromatic heterocycles. The molecule has 0 radical (unpaired) electrons. The number of pyridine rings is 1. The molecule has 4 nitrogen and oxygen atoms in total. The highest BCUT2D eigenvalue weighted by Crippen LogP contribution is 2.07. The van der Waals surface area contributed by atoms with Crippen LogP contribution in [0.25, 0.3) is 0 Å². The number of rotatable bonds is 4. The Morgan fingerprint density at radius 1 is 1.65 bits per heavy atom.